The van der Waals surface area contributed by atoms with Gasteiger partial charge in [-0.1, -0.05) is 40.2 Å². The monoisotopic (exact) mass is 403 g/mol. The zero-order chi connectivity index (χ0) is 17.1. The van der Waals surface area contributed by atoms with E-state index in [1.165, 1.54) is 11.3 Å². The third kappa shape index (κ3) is 3.34. The molecule has 0 bridgehead atoms. The minimum Gasteiger partial charge on any atom is -0.462 e. The summed E-state index contributed by atoms with van der Waals surface area (Å²) in [6.45, 7) is 2.04. The smallest absolute Gasteiger partial charge is 0.341 e. The maximum absolute atomic E-state index is 12.5. The lowest BCUT2D eigenvalue weighted by molar-refractivity contribution is 0.0530. The number of thiophene rings is 1. The first kappa shape index (κ1) is 16.7. The maximum Gasteiger partial charge on any atom is 0.341 e. The Morgan fingerprint density at radius 3 is 2.71 bits per heavy atom. The number of anilines is 1. The minimum absolute atomic E-state index is 0.270. The van der Waals surface area contributed by atoms with E-state index in [0.29, 0.717) is 16.1 Å². The van der Waals surface area contributed by atoms with Crippen LogP contribution < -0.4 is 5.32 Å². The van der Waals surface area contributed by atoms with Gasteiger partial charge in [-0.25, -0.2) is 4.79 Å². The highest BCUT2D eigenvalue weighted by Gasteiger charge is 2.21. The van der Waals surface area contributed by atoms with Crippen molar-refractivity contribution < 1.29 is 14.3 Å². The highest BCUT2D eigenvalue weighted by Crippen LogP contribution is 2.36. The molecule has 0 radical (unpaired) electrons. The Morgan fingerprint density at radius 1 is 1.17 bits per heavy atom. The van der Waals surface area contributed by atoms with Crippen molar-refractivity contribution in [2.75, 3.05) is 11.9 Å². The van der Waals surface area contributed by atoms with Crippen LogP contribution in [0.2, 0.25) is 0 Å². The number of ether oxygens (including phenoxy) is 1. The van der Waals surface area contributed by atoms with Crippen molar-refractivity contribution in [3.8, 4) is 0 Å². The molecule has 0 aliphatic carbocycles. The lowest BCUT2D eigenvalue weighted by Gasteiger charge is -2.07. The number of carbonyl (C=O) groups is 2. The van der Waals surface area contributed by atoms with Crippen molar-refractivity contribution in [3.63, 3.8) is 0 Å². The van der Waals surface area contributed by atoms with Gasteiger partial charge in [-0.05, 0) is 31.2 Å². The van der Waals surface area contributed by atoms with E-state index in [0.717, 1.165) is 14.6 Å². The Hall–Kier alpha value is -2.18. The molecule has 0 spiro atoms. The molecule has 2 aromatic carbocycles. The first-order chi connectivity index (χ1) is 11.6. The second-order valence-electron chi connectivity index (χ2n) is 4.99. The molecule has 3 aromatic rings. The van der Waals surface area contributed by atoms with Crippen molar-refractivity contribution in [2.24, 2.45) is 0 Å². The Morgan fingerprint density at radius 2 is 1.96 bits per heavy atom. The van der Waals surface area contributed by atoms with Crippen LogP contribution in [-0.2, 0) is 4.74 Å². The molecule has 1 heterocycles. The van der Waals surface area contributed by atoms with Crippen molar-refractivity contribution in [1.82, 2.24) is 0 Å². The van der Waals surface area contributed by atoms with Crippen molar-refractivity contribution >= 4 is 54.2 Å². The molecule has 3 rings (SSSR count). The number of fused-ring (bicyclic) bond motifs is 1. The normalized spacial score (nSPS) is 10.6. The van der Waals surface area contributed by atoms with Crippen molar-refractivity contribution in [2.45, 2.75) is 6.92 Å². The molecule has 6 heteroatoms. The Balaban J connectivity index is 2.01. The summed E-state index contributed by atoms with van der Waals surface area (Å²) in [7, 11) is 0. The van der Waals surface area contributed by atoms with Gasteiger partial charge in [0.25, 0.3) is 5.91 Å². The molecular formula is C18H14BrNO3S. The molecule has 0 atom stereocenters. The molecule has 0 aliphatic heterocycles. The second kappa shape index (κ2) is 7.15. The van der Waals surface area contributed by atoms with Crippen molar-refractivity contribution in [1.29, 1.82) is 0 Å². The zero-order valence-corrected chi connectivity index (χ0v) is 15.2. The molecule has 0 unspecified atom stereocenters. The maximum atomic E-state index is 12.5. The number of halogens is 1. The first-order valence-corrected chi connectivity index (χ1v) is 8.96. The first-order valence-electron chi connectivity index (χ1n) is 7.35. The third-order valence-corrected chi connectivity index (χ3v) is 4.97. The van der Waals surface area contributed by atoms with Gasteiger partial charge in [0.2, 0.25) is 0 Å². The highest BCUT2D eigenvalue weighted by molar-refractivity contribution is 9.10. The minimum atomic E-state index is -0.431. The quantitative estimate of drug-likeness (QED) is 0.616. The van der Waals surface area contributed by atoms with Crippen LogP contribution in [0, 0.1) is 0 Å². The van der Waals surface area contributed by atoms with Crippen LogP contribution in [0.5, 0.6) is 0 Å². The van der Waals surface area contributed by atoms with E-state index in [9.17, 15) is 9.59 Å². The molecule has 0 fully saturated rings. The fraction of sp³-hybridized carbons (Fsp3) is 0.111. The summed E-state index contributed by atoms with van der Waals surface area (Å²) in [6.07, 6.45) is 0. The Labute approximate surface area is 151 Å². The second-order valence-corrected chi connectivity index (χ2v) is 6.96. The van der Waals surface area contributed by atoms with Gasteiger partial charge in [0.05, 0.1) is 6.61 Å². The average Bonchev–Trinajstić information content (AvgIpc) is 2.93. The summed E-state index contributed by atoms with van der Waals surface area (Å²) in [5.41, 5.74) is 0.914. The molecule has 0 saturated carbocycles. The van der Waals surface area contributed by atoms with Gasteiger partial charge in [0, 0.05) is 20.1 Å². The average molecular weight is 404 g/mol. The van der Waals surface area contributed by atoms with Gasteiger partial charge in [-0.2, -0.15) is 0 Å². The molecule has 1 aromatic heterocycles. The van der Waals surface area contributed by atoms with E-state index >= 15 is 0 Å². The van der Waals surface area contributed by atoms with Gasteiger partial charge in [0.15, 0.2) is 0 Å². The van der Waals surface area contributed by atoms with E-state index in [2.05, 4.69) is 21.2 Å². The summed E-state index contributed by atoms with van der Waals surface area (Å²) in [6, 6.07) is 14.6. The number of esters is 1. The van der Waals surface area contributed by atoms with E-state index in [1.807, 2.05) is 30.3 Å². The predicted octanol–water partition coefficient (Wildman–Crippen LogP) is 5.09. The van der Waals surface area contributed by atoms with Crippen LogP contribution in [0.25, 0.3) is 10.1 Å². The summed E-state index contributed by atoms with van der Waals surface area (Å²) in [4.78, 5) is 24.8. The largest absolute Gasteiger partial charge is 0.462 e. The van der Waals surface area contributed by atoms with Gasteiger partial charge in [0.1, 0.15) is 10.6 Å². The van der Waals surface area contributed by atoms with E-state index in [4.69, 9.17) is 4.74 Å². The number of nitrogens with one attached hydrogen (secondary N) is 1. The Bertz CT molecular complexity index is 920. The van der Waals surface area contributed by atoms with Gasteiger partial charge >= 0.3 is 5.97 Å². The van der Waals surface area contributed by atoms with E-state index in [1.54, 1.807) is 25.1 Å². The zero-order valence-electron chi connectivity index (χ0n) is 12.8. The number of rotatable bonds is 4. The number of hydrogen-bond acceptors (Lipinski definition) is 4. The third-order valence-electron chi connectivity index (χ3n) is 3.39. The molecule has 0 saturated heterocycles. The standard InChI is InChI=1S/C18H14BrNO3S/c1-2-23-18(22)15-13-8-3-4-9-14(13)24-17(15)20-16(21)11-6-5-7-12(19)10-11/h3-10H,2H2,1H3,(H,20,21). The predicted molar refractivity (Wildman–Crippen MR) is 99.9 cm³/mol. The molecule has 122 valence electrons. The summed E-state index contributed by atoms with van der Waals surface area (Å²) < 4.78 is 6.89. The fourth-order valence-corrected chi connectivity index (χ4v) is 3.83. The van der Waals surface area contributed by atoms with Gasteiger partial charge in [-0.3, -0.25) is 4.79 Å². The molecule has 1 amide bonds. The van der Waals surface area contributed by atoms with Crippen molar-refractivity contribution in [3.05, 3.63) is 64.1 Å². The number of hydrogen-bond donors (Lipinski definition) is 1. The number of carbonyl (C=O) groups excluding carboxylic acids is 2. The van der Waals surface area contributed by atoms with E-state index < -0.39 is 5.97 Å². The molecule has 24 heavy (non-hydrogen) atoms. The molecule has 1 N–H and O–H groups in total. The molecule has 0 aliphatic rings. The lowest BCUT2D eigenvalue weighted by Crippen LogP contribution is -2.14. The van der Waals surface area contributed by atoms with Gasteiger partial charge < -0.3 is 10.1 Å². The number of amides is 1. The molecular weight excluding hydrogens is 390 g/mol. The van der Waals surface area contributed by atoms with Crippen LogP contribution in [0.3, 0.4) is 0 Å². The van der Waals surface area contributed by atoms with Crippen LogP contribution in [0.4, 0.5) is 5.00 Å². The van der Waals surface area contributed by atoms with Crippen LogP contribution in [-0.4, -0.2) is 18.5 Å². The van der Waals surface area contributed by atoms with Crippen LogP contribution >= 0.6 is 27.3 Å². The SMILES string of the molecule is CCOC(=O)c1c(NC(=O)c2cccc(Br)c2)sc2ccccc12. The number of benzene rings is 2. The topological polar surface area (TPSA) is 55.4 Å². The summed E-state index contributed by atoms with van der Waals surface area (Å²) in [5, 5.41) is 4.12. The summed E-state index contributed by atoms with van der Waals surface area (Å²) in [5.74, 6) is -0.701. The van der Waals surface area contributed by atoms with Crippen LogP contribution in [0.15, 0.2) is 53.0 Å². The fourth-order valence-electron chi connectivity index (χ4n) is 2.34. The molecule has 4 nitrogen and oxygen atoms in total. The van der Waals surface area contributed by atoms with Crippen LogP contribution in [0.1, 0.15) is 27.6 Å². The highest BCUT2D eigenvalue weighted by atomic mass is 79.9. The lowest BCUT2D eigenvalue weighted by atomic mass is 10.1. The van der Waals surface area contributed by atoms with Gasteiger partial charge in [-0.15, -0.1) is 11.3 Å². The Kier molecular flexibility index (Phi) is 4.97. The van der Waals surface area contributed by atoms with E-state index in [-0.39, 0.29) is 12.5 Å². The summed E-state index contributed by atoms with van der Waals surface area (Å²) >= 11 is 4.71.